The molecule has 0 aromatic carbocycles. The first-order valence-electron chi connectivity index (χ1n) is 6.58. The Kier molecular flexibility index (Phi) is 3.53. The van der Waals surface area contributed by atoms with Crippen molar-refractivity contribution in [2.75, 3.05) is 13.6 Å². The SMILES string of the molecule is CN(CC1(C(=O)O)CCCCC1)C1CCC1. The maximum Gasteiger partial charge on any atom is 0.310 e. The zero-order valence-electron chi connectivity index (χ0n) is 10.2. The minimum absolute atomic E-state index is 0.442. The molecule has 0 radical (unpaired) electrons. The van der Waals surface area contributed by atoms with Crippen molar-refractivity contribution in [2.45, 2.75) is 57.4 Å². The number of aliphatic carboxylic acids is 1. The summed E-state index contributed by atoms with van der Waals surface area (Å²) < 4.78 is 0. The Morgan fingerprint density at radius 1 is 1.25 bits per heavy atom. The number of nitrogens with zero attached hydrogens (tertiary/aromatic N) is 1. The van der Waals surface area contributed by atoms with Crippen LogP contribution in [-0.4, -0.2) is 35.6 Å². The summed E-state index contributed by atoms with van der Waals surface area (Å²) in [7, 11) is 2.10. The summed E-state index contributed by atoms with van der Waals surface area (Å²) in [6.07, 6.45) is 8.96. The normalized spacial score (nSPS) is 25.4. The van der Waals surface area contributed by atoms with Gasteiger partial charge in [-0.25, -0.2) is 0 Å². The Morgan fingerprint density at radius 3 is 2.31 bits per heavy atom. The van der Waals surface area contributed by atoms with Gasteiger partial charge in [-0.2, -0.15) is 0 Å². The van der Waals surface area contributed by atoms with Crippen LogP contribution in [0.25, 0.3) is 0 Å². The molecule has 2 aliphatic carbocycles. The van der Waals surface area contributed by atoms with Gasteiger partial charge in [0.05, 0.1) is 5.41 Å². The molecule has 16 heavy (non-hydrogen) atoms. The molecule has 0 aromatic rings. The predicted molar refractivity (Wildman–Crippen MR) is 63.4 cm³/mol. The fourth-order valence-electron chi connectivity index (χ4n) is 3.10. The van der Waals surface area contributed by atoms with Crippen LogP contribution in [-0.2, 0) is 4.79 Å². The molecule has 1 N–H and O–H groups in total. The highest BCUT2D eigenvalue weighted by Gasteiger charge is 2.41. The van der Waals surface area contributed by atoms with Gasteiger partial charge in [-0.15, -0.1) is 0 Å². The van der Waals surface area contributed by atoms with Gasteiger partial charge in [0, 0.05) is 12.6 Å². The number of hydrogen-bond donors (Lipinski definition) is 1. The van der Waals surface area contributed by atoms with E-state index >= 15 is 0 Å². The lowest BCUT2D eigenvalue weighted by molar-refractivity contribution is -0.153. The summed E-state index contributed by atoms with van der Waals surface area (Å²) in [5.41, 5.74) is -0.442. The van der Waals surface area contributed by atoms with Crippen LogP contribution >= 0.6 is 0 Å². The van der Waals surface area contributed by atoms with Crippen LogP contribution in [0.3, 0.4) is 0 Å². The second-order valence-electron chi connectivity index (χ2n) is 5.65. The molecule has 0 bridgehead atoms. The molecule has 92 valence electrons. The molecule has 2 saturated carbocycles. The van der Waals surface area contributed by atoms with Gasteiger partial charge in [0.2, 0.25) is 0 Å². The van der Waals surface area contributed by atoms with E-state index in [2.05, 4.69) is 11.9 Å². The predicted octanol–water partition coefficient (Wildman–Crippen LogP) is 2.51. The fourth-order valence-corrected chi connectivity index (χ4v) is 3.10. The number of carbonyl (C=O) groups is 1. The van der Waals surface area contributed by atoms with E-state index in [0.29, 0.717) is 6.04 Å². The van der Waals surface area contributed by atoms with E-state index in [9.17, 15) is 9.90 Å². The van der Waals surface area contributed by atoms with E-state index in [1.807, 2.05) is 0 Å². The van der Waals surface area contributed by atoms with Gasteiger partial charge in [0.1, 0.15) is 0 Å². The van der Waals surface area contributed by atoms with Crippen LogP contribution < -0.4 is 0 Å². The zero-order valence-corrected chi connectivity index (χ0v) is 10.2. The quantitative estimate of drug-likeness (QED) is 0.799. The molecule has 0 saturated heterocycles. The Labute approximate surface area is 97.8 Å². The summed E-state index contributed by atoms with van der Waals surface area (Å²) in [6, 6.07) is 0.651. The third-order valence-electron chi connectivity index (χ3n) is 4.51. The second kappa shape index (κ2) is 4.74. The molecule has 3 heteroatoms. The lowest BCUT2D eigenvalue weighted by Crippen LogP contribution is -2.48. The van der Waals surface area contributed by atoms with Crippen molar-refractivity contribution in [3.05, 3.63) is 0 Å². The van der Waals surface area contributed by atoms with E-state index in [1.165, 1.54) is 25.7 Å². The first-order chi connectivity index (χ1) is 7.64. The summed E-state index contributed by atoms with van der Waals surface area (Å²) in [5.74, 6) is -0.571. The van der Waals surface area contributed by atoms with Gasteiger partial charge >= 0.3 is 5.97 Å². The highest BCUT2D eigenvalue weighted by atomic mass is 16.4. The smallest absolute Gasteiger partial charge is 0.310 e. The van der Waals surface area contributed by atoms with E-state index in [0.717, 1.165) is 32.2 Å². The molecule has 0 aliphatic heterocycles. The fraction of sp³-hybridized carbons (Fsp3) is 0.923. The average Bonchev–Trinajstić information content (AvgIpc) is 2.15. The molecule has 0 amide bonds. The largest absolute Gasteiger partial charge is 0.481 e. The third kappa shape index (κ3) is 2.24. The monoisotopic (exact) mass is 225 g/mol. The van der Waals surface area contributed by atoms with Crippen molar-refractivity contribution in [3.8, 4) is 0 Å². The van der Waals surface area contributed by atoms with Crippen molar-refractivity contribution in [3.63, 3.8) is 0 Å². The molecule has 2 aliphatic rings. The van der Waals surface area contributed by atoms with Crippen molar-refractivity contribution in [1.29, 1.82) is 0 Å². The van der Waals surface area contributed by atoms with Gasteiger partial charge in [0.15, 0.2) is 0 Å². The van der Waals surface area contributed by atoms with Crippen molar-refractivity contribution >= 4 is 5.97 Å². The molecule has 0 spiro atoms. The molecular weight excluding hydrogens is 202 g/mol. The molecule has 0 aromatic heterocycles. The van der Waals surface area contributed by atoms with E-state index in [-0.39, 0.29) is 0 Å². The molecule has 0 heterocycles. The Balaban J connectivity index is 1.98. The summed E-state index contributed by atoms with van der Waals surface area (Å²) >= 11 is 0. The maximum absolute atomic E-state index is 11.5. The highest BCUT2D eigenvalue weighted by Crippen LogP contribution is 2.38. The Bertz CT molecular complexity index is 255. The van der Waals surface area contributed by atoms with E-state index in [1.54, 1.807) is 0 Å². The number of rotatable bonds is 4. The molecule has 2 fully saturated rings. The Morgan fingerprint density at radius 2 is 1.88 bits per heavy atom. The standard InChI is InChI=1S/C13H23NO2/c1-14(11-6-5-7-11)10-13(12(15)16)8-3-2-4-9-13/h11H,2-10H2,1H3,(H,15,16). The van der Waals surface area contributed by atoms with Crippen LogP contribution in [0.1, 0.15) is 51.4 Å². The van der Waals surface area contributed by atoms with Gasteiger partial charge in [0.25, 0.3) is 0 Å². The molecular formula is C13H23NO2. The minimum Gasteiger partial charge on any atom is -0.481 e. The van der Waals surface area contributed by atoms with Crippen molar-refractivity contribution < 1.29 is 9.90 Å². The lowest BCUT2D eigenvalue weighted by Gasteiger charge is -2.42. The third-order valence-corrected chi connectivity index (χ3v) is 4.51. The molecule has 3 nitrogen and oxygen atoms in total. The topological polar surface area (TPSA) is 40.5 Å². The Hall–Kier alpha value is -0.570. The van der Waals surface area contributed by atoms with Gasteiger partial charge in [-0.1, -0.05) is 25.7 Å². The zero-order chi connectivity index (χ0) is 11.6. The van der Waals surface area contributed by atoms with Crippen molar-refractivity contribution in [2.24, 2.45) is 5.41 Å². The first-order valence-corrected chi connectivity index (χ1v) is 6.58. The summed E-state index contributed by atoms with van der Waals surface area (Å²) in [5, 5.41) is 9.48. The van der Waals surface area contributed by atoms with E-state index < -0.39 is 11.4 Å². The van der Waals surface area contributed by atoms with Gasteiger partial charge in [-0.05, 0) is 32.7 Å². The van der Waals surface area contributed by atoms with Crippen LogP contribution in [0.15, 0.2) is 0 Å². The second-order valence-corrected chi connectivity index (χ2v) is 5.65. The lowest BCUT2D eigenvalue weighted by atomic mass is 9.73. The van der Waals surface area contributed by atoms with Crippen LogP contribution in [0, 0.1) is 5.41 Å². The minimum atomic E-state index is -0.571. The number of carboxylic acid groups (broad SMARTS) is 1. The summed E-state index contributed by atoms with van der Waals surface area (Å²) in [6.45, 7) is 0.757. The number of hydrogen-bond acceptors (Lipinski definition) is 2. The van der Waals surface area contributed by atoms with Crippen LogP contribution in [0.2, 0.25) is 0 Å². The number of carboxylic acids is 1. The highest BCUT2D eigenvalue weighted by molar-refractivity contribution is 5.75. The maximum atomic E-state index is 11.5. The molecule has 0 unspecified atom stereocenters. The summed E-state index contributed by atoms with van der Waals surface area (Å²) in [4.78, 5) is 13.8. The van der Waals surface area contributed by atoms with E-state index in [4.69, 9.17) is 0 Å². The average molecular weight is 225 g/mol. The first kappa shape index (κ1) is 11.9. The van der Waals surface area contributed by atoms with Crippen LogP contribution in [0.4, 0.5) is 0 Å². The molecule has 2 rings (SSSR count). The van der Waals surface area contributed by atoms with Gasteiger partial charge < -0.3 is 10.0 Å². The molecule has 0 atom stereocenters. The van der Waals surface area contributed by atoms with Crippen molar-refractivity contribution in [1.82, 2.24) is 4.90 Å². The van der Waals surface area contributed by atoms with Gasteiger partial charge in [-0.3, -0.25) is 4.79 Å². The van der Waals surface area contributed by atoms with Crippen LogP contribution in [0.5, 0.6) is 0 Å².